The summed E-state index contributed by atoms with van der Waals surface area (Å²) >= 11 is 0. The summed E-state index contributed by atoms with van der Waals surface area (Å²) in [4.78, 5) is 20.7. The molecule has 0 unspecified atom stereocenters. The van der Waals surface area contributed by atoms with Crippen molar-refractivity contribution in [1.29, 1.82) is 0 Å². The summed E-state index contributed by atoms with van der Waals surface area (Å²) in [7, 11) is 1.98. The maximum atomic E-state index is 13.0. The van der Waals surface area contributed by atoms with E-state index in [1.54, 1.807) is 12.1 Å². The highest BCUT2D eigenvalue weighted by Gasteiger charge is 2.15. The quantitative estimate of drug-likeness (QED) is 0.461. The molecule has 1 aliphatic heterocycles. The molecule has 0 spiro atoms. The number of carbonyl (C=O) groups excluding carboxylic acids is 1. The Bertz CT molecular complexity index is 588. The Balaban J connectivity index is 1.84. The molecule has 0 atom stereocenters. The van der Waals surface area contributed by atoms with Gasteiger partial charge in [-0.25, -0.2) is 4.39 Å². The van der Waals surface area contributed by atoms with E-state index in [0.29, 0.717) is 19.5 Å². The molecule has 1 heterocycles. The minimum atomic E-state index is -0.222. The topological polar surface area (TPSA) is 47.9 Å². The van der Waals surface area contributed by atoms with E-state index in [-0.39, 0.29) is 11.7 Å². The number of hydrogen-bond acceptors (Lipinski definition) is 2. The second kappa shape index (κ2) is 10.8. The van der Waals surface area contributed by atoms with Gasteiger partial charge in [0.1, 0.15) is 5.82 Å². The highest BCUT2D eigenvalue weighted by Crippen LogP contribution is 2.11. The predicted octanol–water partition coefficient (Wildman–Crippen LogP) is 3.02. The smallest absolute Gasteiger partial charge is 0.222 e. The van der Waals surface area contributed by atoms with E-state index in [9.17, 15) is 9.18 Å². The summed E-state index contributed by atoms with van der Waals surface area (Å²) in [6, 6.07) is 6.54. The molecule has 1 aromatic rings. The zero-order valence-electron chi connectivity index (χ0n) is 16.0. The van der Waals surface area contributed by atoms with Crippen LogP contribution in [0.5, 0.6) is 0 Å². The largest absolute Gasteiger partial charge is 0.357 e. The molecule has 6 heteroatoms. The van der Waals surface area contributed by atoms with Gasteiger partial charge in [-0.1, -0.05) is 18.6 Å². The third-order valence-corrected chi connectivity index (χ3v) is 4.55. The molecule has 2 rings (SSSR count). The van der Waals surface area contributed by atoms with Gasteiger partial charge in [0.05, 0.1) is 0 Å². The lowest BCUT2D eigenvalue weighted by Crippen LogP contribution is -2.38. The van der Waals surface area contributed by atoms with E-state index in [1.807, 2.05) is 23.8 Å². The lowest BCUT2D eigenvalue weighted by molar-refractivity contribution is -0.130. The number of carbonyl (C=O) groups is 1. The fourth-order valence-electron chi connectivity index (χ4n) is 3.13. The van der Waals surface area contributed by atoms with Crippen molar-refractivity contribution in [2.75, 3.05) is 33.2 Å². The molecule has 144 valence electrons. The predicted molar refractivity (Wildman–Crippen MR) is 104 cm³/mol. The number of aliphatic imine (C=N–C) groups is 1. The van der Waals surface area contributed by atoms with Crippen LogP contribution in [-0.4, -0.2) is 54.9 Å². The fourth-order valence-corrected chi connectivity index (χ4v) is 3.13. The molecule has 0 aromatic heterocycles. The molecule has 1 N–H and O–H groups in total. The van der Waals surface area contributed by atoms with Crippen molar-refractivity contribution in [3.63, 3.8) is 0 Å². The standard InChI is InChI=1S/C20H31FN4O/c1-3-22-20(24(2)16-17-9-11-18(21)12-10-17)23-13-7-15-25-14-6-4-5-8-19(25)26/h9-12H,3-8,13-16H2,1-2H3,(H,22,23). The first-order valence-electron chi connectivity index (χ1n) is 9.62. The van der Waals surface area contributed by atoms with Crippen LogP contribution in [0.2, 0.25) is 0 Å². The van der Waals surface area contributed by atoms with Gasteiger partial charge in [-0.05, 0) is 43.9 Å². The molecule has 1 saturated heterocycles. The summed E-state index contributed by atoms with van der Waals surface area (Å²) in [6.45, 7) is 5.83. The number of rotatable bonds is 7. The van der Waals surface area contributed by atoms with Gasteiger partial charge in [-0.3, -0.25) is 9.79 Å². The third-order valence-electron chi connectivity index (χ3n) is 4.55. The zero-order chi connectivity index (χ0) is 18.8. The molecule has 0 bridgehead atoms. The van der Waals surface area contributed by atoms with Gasteiger partial charge in [-0.15, -0.1) is 0 Å². The van der Waals surface area contributed by atoms with Crippen molar-refractivity contribution in [2.45, 2.75) is 45.6 Å². The van der Waals surface area contributed by atoms with Crippen LogP contribution in [0.4, 0.5) is 4.39 Å². The maximum absolute atomic E-state index is 13.0. The maximum Gasteiger partial charge on any atom is 0.222 e. The Kier molecular flexibility index (Phi) is 8.38. The Morgan fingerprint density at radius 2 is 2.04 bits per heavy atom. The van der Waals surface area contributed by atoms with Gasteiger partial charge >= 0.3 is 0 Å². The van der Waals surface area contributed by atoms with Gasteiger partial charge in [-0.2, -0.15) is 0 Å². The molecule has 1 aliphatic rings. The summed E-state index contributed by atoms with van der Waals surface area (Å²) in [5.74, 6) is 0.894. The lowest BCUT2D eigenvalue weighted by atomic mass is 10.2. The number of hydrogen-bond donors (Lipinski definition) is 1. The molecule has 0 radical (unpaired) electrons. The van der Waals surface area contributed by atoms with Crippen molar-refractivity contribution in [3.8, 4) is 0 Å². The van der Waals surface area contributed by atoms with Crippen LogP contribution < -0.4 is 5.32 Å². The van der Waals surface area contributed by atoms with E-state index in [1.165, 1.54) is 12.1 Å². The average Bonchev–Trinajstić information content (AvgIpc) is 2.84. The molecule has 26 heavy (non-hydrogen) atoms. The lowest BCUT2D eigenvalue weighted by Gasteiger charge is -2.23. The molecular formula is C20H31FN4O. The second-order valence-electron chi connectivity index (χ2n) is 6.76. The fraction of sp³-hybridized carbons (Fsp3) is 0.600. The number of benzene rings is 1. The van der Waals surface area contributed by atoms with Crippen molar-refractivity contribution < 1.29 is 9.18 Å². The molecule has 1 amide bonds. The van der Waals surface area contributed by atoms with E-state index in [2.05, 4.69) is 10.3 Å². The Labute approximate surface area is 156 Å². The molecule has 0 aliphatic carbocycles. The van der Waals surface area contributed by atoms with Crippen molar-refractivity contribution in [1.82, 2.24) is 15.1 Å². The number of amides is 1. The van der Waals surface area contributed by atoms with Crippen LogP contribution in [0.3, 0.4) is 0 Å². The minimum absolute atomic E-state index is 0.222. The van der Waals surface area contributed by atoms with Crippen LogP contribution in [0.15, 0.2) is 29.3 Å². The first kappa shape index (κ1) is 20.2. The van der Waals surface area contributed by atoms with Crippen LogP contribution in [0.25, 0.3) is 0 Å². The van der Waals surface area contributed by atoms with Crippen molar-refractivity contribution in [3.05, 3.63) is 35.6 Å². The van der Waals surface area contributed by atoms with Gasteiger partial charge < -0.3 is 15.1 Å². The summed E-state index contributed by atoms with van der Waals surface area (Å²) in [6.07, 6.45) is 4.83. The SMILES string of the molecule is CCNC(=NCCCN1CCCCCC1=O)N(C)Cc1ccc(F)cc1. The molecule has 0 saturated carbocycles. The van der Waals surface area contributed by atoms with Crippen LogP contribution in [0.1, 0.15) is 44.6 Å². The van der Waals surface area contributed by atoms with E-state index >= 15 is 0 Å². The number of halogens is 1. The number of nitrogens with zero attached hydrogens (tertiary/aromatic N) is 3. The number of guanidine groups is 1. The first-order chi connectivity index (χ1) is 12.6. The Morgan fingerprint density at radius 1 is 1.27 bits per heavy atom. The highest BCUT2D eigenvalue weighted by atomic mass is 19.1. The van der Waals surface area contributed by atoms with Gasteiger partial charge in [0.15, 0.2) is 5.96 Å². The van der Waals surface area contributed by atoms with Crippen molar-refractivity contribution >= 4 is 11.9 Å². The normalized spacial score (nSPS) is 15.7. The summed E-state index contributed by atoms with van der Waals surface area (Å²) in [5.41, 5.74) is 1.04. The van der Waals surface area contributed by atoms with E-state index in [4.69, 9.17) is 0 Å². The first-order valence-corrected chi connectivity index (χ1v) is 9.62. The average molecular weight is 362 g/mol. The summed E-state index contributed by atoms with van der Waals surface area (Å²) < 4.78 is 13.0. The highest BCUT2D eigenvalue weighted by molar-refractivity contribution is 5.79. The molecule has 1 aromatic carbocycles. The number of nitrogens with one attached hydrogen (secondary N) is 1. The Morgan fingerprint density at radius 3 is 2.77 bits per heavy atom. The summed E-state index contributed by atoms with van der Waals surface area (Å²) in [5, 5.41) is 3.29. The second-order valence-corrected chi connectivity index (χ2v) is 6.76. The Hall–Kier alpha value is -2.11. The van der Waals surface area contributed by atoms with E-state index < -0.39 is 0 Å². The van der Waals surface area contributed by atoms with Gasteiger partial charge in [0.2, 0.25) is 5.91 Å². The van der Waals surface area contributed by atoms with E-state index in [0.717, 1.165) is 56.8 Å². The number of likely N-dealkylation sites (tertiary alicyclic amines) is 1. The zero-order valence-corrected chi connectivity index (χ0v) is 16.0. The van der Waals surface area contributed by atoms with Gasteiger partial charge in [0.25, 0.3) is 0 Å². The molecule has 1 fully saturated rings. The third kappa shape index (κ3) is 6.65. The van der Waals surface area contributed by atoms with Crippen LogP contribution >= 0.6 is 0 Å². The van der Waals surface area contributed by atoms with Gasteiger partial charge in [0, 0.05) is 46.2 Å². The molecule has 5 nitrogen and oxygen atoms in total. The van der Waals surface area contributed by atoms with Crippen molar-refractivity contribution in [2.24, 2.45) is 4.99 Å². The monoisotopic (exact) mass is 362 g/mol. The van der Waals surface area contributed by atoms with Crippen LogP contribution in [-0.2, 0) is 11.3 Å². The minimum Gasteiger partial charge on any atom is -0.357 e. The molecular weight excluding hydrogens is 331 g/mol. The van der Waals surface area contributed by atoms with Crippen LogP contribution in [0, 0.1) is 5.82 Å².